The van der Waals surface area contributed by atoms with Gasteiger partial charge in [-0.3, -0.25) is 0 Å². The van der Waals surface area contributed by atoms with E-state index in [1.165, 1.54) is 32.1 Å². The van der Waals surface area contributed by atoms with Crippen LogP contribution in [0.15, 0.2) is 0 Å². The third-order valence-electron chi connectivity index (χ3n) is 3.08. The summed E-state index contributed by atoms with van der Waals surface area (Å²) in [6.45, 7) is 2.15. The first kappa shape index (κ1) is 12.2. The number of rotatable bonds is 3. The molecule has 13 heavy (non-hydrogen) atoms. The van der Waals surface area contributed by atoms with Crippen molar-refractivity contribution in [3.63, 3.8) is 0 Å². The molecule has 1 atom stereocenters. The lowest BCUT2D eigenvalue weighted by molar-refractivity contribution is 0.335. The van der Waals surface area contributed by atoms with Crippen LogP contribution in [0.4, 0.5) is 0 Å². The van der Waals surface area contributed by atoms with E-state index in [4.69, 9.17) is 33.2 Å². The molecule has 1 unspecified atom stereocenters. The van der Waals surface area contributed by atoms with Crippen LogP contribution in [0, 0.1) is 5.92 Å². The van der Waals surface area contributed by atoms with Crippen LogP contribution in [0.2, 0.25) is 5.54 Å². The Balaban J connectivity index is 2.54. The Labute approximate surface area is 96.1 Å². The summed E-state index contributed by atoms with van der Waals surface area (Å²) in [5.74, 6) is 0.693. The van der Waals surface area contributed by atoms with Gasteiger partial charge in [0.25, 0.3) is 0 Å². The average molecular weight is 260 g/mol. The number of hydrogen-bond donors (Lipinski definition) is 0. The second-order valence-electron chi connectivity index (χ2n) is 3.95. The first-order chi connectivity index (χ1) is 6.05. The first-order valence-corrected chi connectivity index (χ1v) is 10.2. The van der Waals surface area contributed by atoms with Gasteiger partial charge in [-0.25, -0.2) is 0 Å². The van der Waals surface area contributed by atoms with Crippen molar-refractivity contribution in [2.75, 3.05) is 0 Å². The van der Waals surface area contributed by atoms with E-state index in [2.05, 4.69) is 6.92 Å². The van der Waals surface area contributed by atoms with Crippen molar-refractivity contribution in [1.29, 1.82) is 0 Å². The van der Waals surface area contributed by atoms with Crippen molar-refractivity contribution in [3.8, 4) is 0 Å². The lowest BCUT2D eigenvalue weighted by Crippen LogP contribution is -2.27. The minimum absolute atomic E-state index is 0.387. The molecule has 0 amide bonds. The van der Waals surface area contributed by atoms with Crippen molar-refractivity contribution in [1.82, 2.24) is 0 Å². The molecule has 78 valence electrons. The lowest BCUT2D eigenvalue weighted by atomic mass is 9.86. The normalized spacial score (nSPS) is 23.1. The third kappa shape index (κ3) is 3.62. The van der Waals surface area contributed by atoms with Crippen molar-refractivity contribution in [2.45, 2.75) is 51.0 Å². The summed E-state index contributed by atoms with van der Waals surface area (Å²) in [7, 11) is 0. The topological polar surface area (TPSA) is 0 Å². The highest BCUT2D eigenvalue weighted by Crippen LogP contribution is 2.46. The van der Waals surface area contributed by atoms with Gasteiger partial charge in [-0.1, -0.05) is 45.4 Å². The Morgan fingerprint density at radius 3 is 2.08 bits per heavy atom. The van der Waals surface area contributed by atoms with Gasteiger partial charge in [0.05, 0.1) is 0 Å². The van der Waals surface area contributed by atoms with E-state index in [0.29, 0.717) is 11.5 Å². The maximum absolute atomic E-state index is 6.10. The van der Waals surface area contributed by atoms with Gasteiger partial charge in [-0.2, -0.15) is 0 Å². The fraction of sp³-hybridized carbons (Fsp3) is 1.00. The van der Waals surface area contributed by atoms with Gasteiger partial charge in [0.15, 0.2) is 0 Å². The van der Waals surface area contributed by atoms with Crippen molar-refractivity contribution >= 4 is 39.2 Å². The van der Waals surface area contributed by atoms with Crippen LogP contribution in [0.3, 0.4) is 0 Å². The minimum Gasteiger partial charge on any atom is -0.126 e. The molecule has 1 fully saturated rings. The predicted octanol–water partition coefficient (Wildman–Crippen LogP) is 5.00. The Kier molecular flexibility index (Phi) is 4.91. The molecule has 0 heterocycles. The summed E-state index contributed by atoms with van der Waals surface area (Å²) in [6, 6.07) is -2.46. The quantitative estimate of drug-likeness (QED) is 0.494. The SMILES string of the molecule is CCC(C1CCCCC1)[Si](Cl)(Cl)Cl. The molecular formula is C9H17Cl3Si. The Morgan fingerprint density at radius 2 is 1.69 bits per heavy atom. The summed E-state index contributed by atoms with van der Waals surface area (Å²) in [5.41, 5.74) is 0.387. The fourth-order valence-electron chi connectivity index (χ4n) is 2.37. The highest BCUT2D eigenvalue weighted by Gasteiger charge is 2.40. The second-order valence-corrected chi connectivity index (χ2v) is 12.9. The van der Waals surface area contributed by atoms with Gasteiger partial charge in [0.2, 0.25) is 0 Å². The Morgan fingerprint density at radius 1 is 1.15 bits per heavy atom. The molecule has 0 spiro atoms. The highest BCUT2D eigenvalue weighted by molar-refractivity contribution is 7.65. The molecule has 0 N–H and O–H groups in total. The van der Waals surface area contributed by atoms with Crippen LogP contribution in [0.1, 0.15) is 45.4 Å². The van der Waals surface area contributed by atoms with E-state index in [1.807, 2.05) is 0 Å². The van der Waals surface area contributed by atoms with Crippen LogP contribution in [-0.4, -0.2) is 6.00 Å². The molecule has 1 rings (SSSR count). The molecule has 0 aromatic heterocycles. The maximum atomic E-state index is 6.10. The van der Waals surface area contributed by atoms with Crippen molar-refractivity contribution in [3.05, 3.63) is 0 Å². The zero-order valence-electron chi connectivity index (χ0n) is 8.03. The first-order valence-electron chi connectivity index (χ1n) is 5.12. The second kappa shape index (κ2) is 5.25. The van der Waals surface area contributed by atoms with E-state index in [-0.39, 0.29) is 0 Å². The van der Waals surface area contributed by atoms with Gasteiger partial charge in [0.1, 0.15) is 0 Å². The molecule has 4 heteroatoms. The van der Waals surface area contributed by atoms with Crippen LogP contribution in [0.5, 0.6) is 0 Å². The molecular weight excluding hydrogens is 243 g/mol. The zero-order chi connectivity index (χ0) is 9.90. The Bertz CT molecular complexity index is 149. The van der Waals surface area contributed by atoms with E-state index in [9.17, 15) is 0 Å². The molecule has 0 bridgehead atoms. The van der Waals surface area contributed by atoms with Crippen LogP contribution in [-0.2, 0) is 0 Å². The number of halogens is 3. The van der Waals surface area contributed by atoms with Gasteiger partial charge in [-0.05, 0) is 11.5 Å². The smallest absolute Gasteiger partial charge is 0.126 e. The molecule has 1 aliphatic carbocycles. The van der Waals surface area contributed by atoms with E-state index < -0.39 is 6.00 Å². The summed E-state index contributed by atoms with van der Waals surface area (Å²) in [5, 5.41) is 0. The van der Waals surface area contributed by atoms with E-state index in [0.717, 1.165) is 6.42 Å². The number of hydrogen-bond acceptors (Lipinski definition) is 0. The molecule has 0 radical (unpaired) electrons. The molecule has 0 aliphatic heterocycles. The summed E-state index contributed by atoms with van der Waals surface area (Å²) >= 11 is 18.3. The van der Waals surface area contributed by atoms with Crippen LogP contribution in [0.25, 0.3) is 0 Å². The van der Waals surface area contributed by atoms with Crippen molar-refractivity contribution < 1.29 is 0 Å². The van der Waals surface area contributed by atoms with Gasteiger partial charge in [0, 0.05) is 0 Å². The highest BCUT2D eigenvalue weighted by atomic mass is 35.8. The zero-order valence-corrected chi connectivity index (χ0v) is 11.3. The third-order valence-corrected chi connectivity index (χ3v) is 7.32. The molecule has 0 saturated heterocycles. The predicted molar refractivity (Wildman–Crippen MR) is 63.9 cm³/mol. The van der Waals surface area contributed by atoms with Gasteiger partial charge in [-0.15, -0.1) is 33.2 Å². The minimum atomic E-state index is -2.46. The standard InChI is InChI=1S/C9H17Cl3Si/c1-2-9(13(10,11)12)8-6-4-3-5-7-8/h8-9H,2-7H2,1H3. The largest absolute Gasteiger partial charge is 0.344 e. The average Bonchev–Trinajstić information content (AvgIpc) is 2.05. The summed E-state index contributed by atoms with van der Waals surface area (Å²) in [6.07, 6.45) is 7.62. The molecule has 1 saturated carbocycles. The maximum Gasteiger partial charge on any atom is 0.344 e. The monoisotopic (exact) mass is 258 g/mol. The van der Waals surface area contributed by atoms with Crippen LogP contribution >= 0.6 is 33.2 Å². The van der Waals surface area contributed by atoms with E-state index >= 15 is 0 Å². The van der Waals surface area contributed by atoms with Gasteiger partial charge < -0.3 is 0 Å². The molecule has 0 aromatic rings. The lowest BCUT2D eigenvalue weighted by Gasteiger charge is -2.32. The summed E-state index contributed by atoms with van der Waals surface area (Å²) in [4.78, 5) is 0. The molecule has 0 aromatic carbocycles. The Hall–Kier alpha value is 1.09. The molecule has 1 aliphatic rings. The van der Waals surface area contributed by atoms with Crippen molar-refractivity contribution in [2.24, 2.45) is 5.92 Å². The summed E-state index contributed by atoms with van der Waals surface area (Å²) < 4.78 is 0. The van der Waals surface area contributed by atoms with Gasteiger partial charge >= 0.3 is 6.00 Å². The van der Waals surface area contributed by atoms with Crippen LogP contribution < -0.4 is 0 Å². The molecule has 0 nitrogen and oxygen atoms in total. The fourth-order valence-corrected chi connectivity index (χ4v) is 6.69. The van der Waals surface area contributed by atoms with E-state index in [1.54, 1.807) is 0 Å².